The molecule has 1 atom stereocenters. The first-order valence-corrected chi connectivity index (χ1v) is 10.2. The van der Waals surface area contributed by atoms with Crippen molar-refractivity contribution < 1.29 is 4.79 Å². The lowest BCUT2D eigenvalue weighted by atomic mass is 10.0. The van der Waals surface area contributed by atoms with Gasteiger partial charge in [0, 0.05) is 4.47 Å². The number of halogens is 1. The third-order valence-electron chi connectivity index (χ3n) is 4.82. The van der Waals surface area contributed by atoms with E-state index in [1.807, 2.05) is 69.3 Å². The molecule has 2 aromatic heterocycles. The van der Waals surface area contributed by atoms with E-state index in [0.717, 1.165) is 27.0 Å². The summed E-state index contributed by atoms with van der Waals surface area (Å²) in [7, 11) is 0. The van der Waals surface area contributed by atoms with Gasteiger partial charge in [0.2, 0.25) is 0 Å². The van der Waals surface area contributed by atoms with Crippen LogP contribution in [-0.2, 0) is 0 Å². The second-order valence-corrected chi connectivity index (χ2v) is 8.17. The quantitative estimate of drug-likeness (QED) is 0.471. The molecule has 0 saturated heterocycles. The topological polar surface area (TPSA) is 88.5 Å². The van der Waals surface area contributed by atoms with Gasteiger partial charge in [0.1, 0.15) is 5.82 Å². The van der Waals surface area contributed by atoms with E-state index < -0.39 is 0 Å². The molecule has 0 spiro atoms. The molecule has 0 bridgehead atoms. The Hall–Kier alpha value is -3.00. The third kappa shape index (κ3) is 3.80. The van der Waals surface area contributed by atoms with Crippen LogP contribution in [0.25, 0.3) is 16.7 Å². The number of hydrogen-bond acceptors (Lipinski definition) is 4. The molecule has 148 valence electrons. The summed E-state index contributed by atoms with van der Waals surface area (Å²) in [6, 6.07) is 15.2. The van der Waals surface area contributed by atoms with Gasteiger partial charge in [-0.2, -0.15) is 0 Å². The Kier molecular flexibility index (Phi) is 5.19. The molecule has 29 heavy (non-hydrogen) atoms. The summed E-state index contributed by atoms with van der Waals surface area (Å²) in [5, 5.41) is 11.4. The van der Waals surface area contributed by atoms with Gasteiger partial charge in [0.05, 0.1) is 28.5 Å². The molecule has 0 aliphatic rings. The number of benzene rings is 2. The summed E-state index contributed by atoms with van der Waals surface area (Å²) in [5.74, 6) is 0.592. The lowest BCUT2D eigenvalue weighted by Gasteiger charge is -2.19. The summed E-state index contributed by atoms with van der Waals surface area (Å²) < 4.78 is 2.59. The summed E-state index contributed by atoms with van der Waals surface area (Å²) >= 11 is 3.46. The maximum atomic E-state index is 13.0. The fourth-order valence-electron chi connectivity index (χ4n) is 3.27. The maximum absolute atomic E-state index is 13.0. The number of hydrogen-bond donors (Lipinski definition) is 2. The zero-order valence-electron chi connectivity index (χ0n) is 16.3. The Labute approximate surface area is 176 Å². The fourth-order valence-corrected chi connectivity index (χ4v) is 3.66. The molecule has 4 aromatic rings. The smallest absolute Gasteiger partial charge is 0.274 e. The highest BCUT2D eigenvalue weighted by Gasteiger charge is 2.25. The lowest BCUT2D eigenvalue weighted by molar-refractivity contribution is 0.0917. The molecule has 0 aliphatic heterocycles. The number of rotatable bonds is 5. The standard InChI is InChI=1S/C21H21BrN6O/c1-12(2)18(20-23-16-9-4-5-10-17(16)24-20)25-21(29)19-13(3)28(27-26-19)15-8-6-7-14(22)11-15/h4-12,18H,1-3H3,(H,23,24)(H,25,29). The highest BCUT2D eigenvalue weighted by Crippen LogP contribution is 2.23. The molecule has 4 rings (SSSR count). The number of nitrogens with one attached hydrogen (secondary N) is 2. The van der Waals surface area contributed by atoms with Crippen molar-refractivity contribution in [3.8, 4) is 5.69 Å². The predicted octanol–water partition coefficient (Wildman–Crippen LogP) is 4.34. The normalized spacial score (nSPS) is 12.4. The van der Waals surface area contributed by atoms with E-state index >= 15 is 0 Å². The number of amides is 1. The zero-order valence-corrected chi connectivity index (χ0v) is 17.9. The van der Waals surface area contributed by atoms with Crippen LogP contribution in [0.5, 0.6) is 0 Å². The van der Waals surface area contributed by atoms with Crippen molar-refractivity contribution in [2.24, 2.45) is 5.92 Å². The van der Waals surface area contributed by atoms with Crippen molar-refractivity contribution in [3.05, 3.63) is 70.2 Å². The fraction of sp³-hybridized carbons (Fsp3) is 0.238. The van der Waals surface area contributed by atoms with Crippen LogP contribution < -0.4 is 5.32 Å². The molecule has 2 aromatic carbocycles. The molecule has 0 radical (unpaired) electrons. The van der Waals surface area contributed by atoms with E-state index in [1.54, 1.807) is 4.68 Å². The minimum absolute atomic E-state index is 0.139. The van der Waals surface area contributed by atoms with Crippen molar-refractivity contribution >= 4 is 32.9 Å². The minimum atomic E-state index is -0.275. The number of imidazole rings is 1. The number of nitrogens with zero attached hydrogens (tertiary/aromatic N) is 4. The molecule has 7 nitrogen and oxygen atoms in total. The van der Waals surface area contributed by atoms with Crippen LogP contribution in [-0.4, -0.2) is 30.9 Å². The molecule has 0 fully saturated rings. The van der Waals surface area contributed by atoms with E-state index in [4.69, 9.17) is 0 Å². The highest BCUT2D eigenvalue weighted by atomic mass is 79.9. The van der Waals surface area contributed by atoms with E-state index in [-0.39, 0.29) is 17.9 Å². The molecule has 0 aliphatic carbocycles. The first-order chi connectivity index (χ1) is 13.9. The minimum Gasteiger partial charge on any atom is -0.340 e. The van der Waals surface area contributed by atoms with Crippen molar-refractivity contribution in [1.82, 2.24) is 30.3 Å². The van der Waals surface area contributed by atoms with Gasteiger partial charge in [-0.15, -0.1) is 5.10 Å². The average Bonchev–Trinajstić information content (AvgIpc) is 3.29. The monoisotopic (exact) mass is 452 g/mol. The first-order valence-electron chi connectivity index (χ1n) is 9.38. The number of H-pyrrole nitrogens is 1. The molecular formula is C21H21BrN6O. The SMILES string of the molecule is Cc1c(C(=O)NC(c2nc3ccccc3[nH]2)C(C)C)nnn1-c1cccc(Br)c1. The maximum Gasteiger partial charge on any atom is 0.274 e. The van der Waals surface area contributed by atoms with Crippen molar-refractivity contribution in [3.63, 3.8) is 0 Å². The summed E-state index contributed by atoms with van der Waals surface area (Å²) in [4.78, 5) is 21.0. The van der Waals surface area contributed by atoms with E-state index in [2.05, 4.69) is 41.5 Å². The van der Waals surface area contributed by atoms with Crippen molar-refractivity contribution in [2.75, 3.05) is 0 Å². The molecule has 8 heteroatoms. The number of carbonyl (C=O) groups is 1. The number of carbonyl (C=O) groups excluding carboxylic acids is 1. The van der Waals surface area contributed by atoms with Crippen LogP contribution >= 0.6 is 15.9 Å². The van der Waals surface area contributed by atoms with Gasteiger partial charge in [-0.3, -0.25) is 4.79 Å². The lowest BCUT2D eigenvalue weighted by Crippen LogP contribution is -2.33. The zero-order chi connectivity index (χ0) is 20.5. The number of aromatic nitrogens is 5. The Morgan fingerprint density at radius 3 is 2.69 bits per heavy atom. The van der Waals surface area contributed by atoms with Crippen LogP contribution in [0.3, 0.4) is 0 Å². The van der Waals surface area contributed by atoms with E-state index in [9.17, 15) is 4.79 Å². The van der Waals surface area contributed by atoms with Crippen LogP contribution in [0.15, 0.2) is 53.0 Å². The van der Waals surface area contributed by atoms with Crippen molar-refractivity contribution in [2.45, 2.75) is 26.8 Å². The first kappa shape index (κ1) is 19.3. The molecule has 1 amide bonds. The number of para-hydroxylation sites is 2. The summed E-state index contributed by atoms with van der Waals surface area (Å²) in [5.41, 5.74) is 3.62. The van der Waals surface area contributed by atoms with Gasteiger partial charge in [0.15, 0.2) is 5.69 Å². The second-order valence-electron chi connectivity index (χ2n) is 7.25. The van der Waals surface area contributed by atoms with Gasteiger partial charge >= 0.3 is 0 Å². The Morgan fingerprint density at radius 1 is 1.17 bits per heavy atom. The molecule has 2 heterocycles. The molecule has 2 N–H and O–H groups in total. The van der Waals surface area contributed by atoms with Crippen LogP contribution in [0.4, 0.5) is 0 Å². The van der Waals surface area contributed by atoms with Crippen molar-refractivity contribution in [1.29, 1.82) is 0 Å². The van der Waals surface area contributed by atoms with Gasteiger partial charge in [-0.1, -0.05) is 53.2 Å². The Bertz CT molecular complexity index is 1150. The Morgan fingerprint density at radius 2 is 1.97 bits per heavy atom. The second kappa shape index (κ2) is 7.79. The van der Waals surface area contributed by atoms with Crippen LogP contribution in [0.2, 0.25) is 0 Å². The highest BCUT2D eigenvalue weighted by molar-refractivity contribution is 9.10. The van der Waals surface area contributed by atoms with Gasteiger partial charge < -0.3 is 10.3 Å². The van der Waals surface area contributed by atoms with E-state index in [0.29, 0.717) is 11.4 Å². The number of aromatic amines is 1. The predicted molar refractivity (Wildman–Crippen MR) is 115 cm³/mol. The molecule has 1 unspecified atom stereocenters. The van der Waals surface area contributed by atoms with Gasteiger partial charge in [-0.25, -0.2) is 9.67 Å². The van der Waals surface area contributed by atoms with Crippen LogP contribution in [0.1, 0.15) is 41.9 Å². The third-order valence-corrected chi connectivity index (χ3v) is 5.31. The Balaban J connectivity index is 1.62. The van der Waals surface area contributed by atoms with E-state index in [1.165, 1.54) is 0 Å². The van der Waals surface area contributed by atoms with Gasteiger partial charge in [-0.05, 0) is 43.2 Å². The summed E-state index contributed by atoms with van der Waals surface area (Å²) in [6.07, 6.45) is 0. The number of fused-ring (bicyclic) bond motifs is 1. The molecular weight excluding hydrogens is 432 g/mol. The van der Waals surface area contributed by atoms with Gasteiger partial charge in [0.25, 0.3) is 5.91 Å². The average molecular weight is 453 g/mol. The summed E-state index contributed by atoms with van der Waals surface area (Å²) in [6.45, 7) is 5.92. The van der Waals surface area contributed by atoms with Crippen LogP contribution in [0, 0.1) is 12.8 Å². The largest absolute Gasteiger partial charge is 0.340 e. The molecule has 0 saturated carbocycles.